The number of aromatic nitrogens is 2. The summed E-state index contributed by atoms with van der Waals surface area (Å²) in [5.41, 5.74) is 1.72. The van der Waals surface area contributed by atoms with Crippen molar-refractivity contribution in [3.05, 3.63) is 34.3 Å². The third kappa shape index (κ3) is 3.27. The average Bonchev–Trinajstić information content (AvgIpc) is 3.14. The Labute approximate surface area is 148 Å². The fourth-order valence-corrected chi connectivity index (χ4v) is 3.53. The number of carboxylic acid groups (broad SMARTS) is 1. The van der Waals surface area contributed by atoms with Crippen molar-refractivity contribution in [1.82, 2.24) is 14.5 Å². The molecule has 0 unspecified atom stereocenters. The second-order valence-corrected chi connectivity index (χ2v) is 6.34. The van der Waals surface area contributed by atoms with Crippen molar-refractivity contribution < 1.29 is 24.2 Å². The van der Waals surface area contributed by atoms with Crippen LogP contribution in [-0.2, 0) is 11.2 Å². The van der Waals surface area contributed by atoms with Gasteiger partial charge < -0.3 is 19.5 Å². The van der Waals surface area contributed by atoms with Gasteiger partial charge in [-0.2, -0.15) is 0 Å². The molecule has 0 bridgehead atoms. The summed E-state index contributed by atoms with van der Waals surface area (Å²) in [6, 6.07) is 3.02. The van der Waals surface area contributed by atoms with E-state index in [9.17, 15) is 14.7 Å². The molecular formula is C16H17N3O5S. The monoisotopic (exact) mass is 363 g/mol. The van der Waals surface area contributed by atoms with E-state index >= 15 is 0 Å². The molecule has 1 aromatic heterocycles. The van der Waals surface area contributed by atoms with E-state index in [2.05, 4.69) is 9.59 Å². The molecule has 8 nitrogen and oxygen atoms in total. The van der Waals surface area contributed by atoms with Crippen LogP contribution in [0.2, 0.25) is 0 Å². The Morgan fingerprint density at radius 1 is 1.32 bits per heavy atom. The third-order valence-corrected chi connectivity index (χ3v) is 4.86. The number of fused-ring (bicyclic) bond motifs is 1. The number of rotatable bonds is 5. The zero-order valence-corrected chi connectivity index (χ0v) is 14.6. The summed E-state index contributed by atoms with van der Waals surface area (Å²) in [6.07, 6.45) is 1.80. The second-order valence-electron chi connectivity index (χ2n) is 5.55. The third-order valence-electron chi connectivity index (χ3n) is 4.20. The van der Waals surface area contributed by atoms with Crippen molar-refractivity contribution in [3.63, 3.8) is 0 Å². The van der Waals surface area contributed by atoms with Crippen LogP contribution in [-0.4, -0.2) is 52.2 Å². The number of amides is 1. The Kier molecular flexibility index (Phi) is 4.84. The van der Waals surface area contributed by atoms with Crippen LogP contribution in [0.15, 0.2) is 18.3 Å². The molecule has 1 aliphatic heterocycles. The van der Waals surface area contributed by atoms with Gasteiger partial charge in [0.15, 0.2) is 11.5 Å². The number of hydrogen-bond acceptors (Lipinski definition) is 7. The molecule has 1 N–H and O–H groups in total. The lowest BCUT2D eigenvalue weighted by Crippen LogP contribution is -2.40. The number of carboxylic acids is 1. The number of ether oxygens (including phenoxy) is 2. The molecule has 9 heteroatoms. The largest absolute Gasteiger partial charge is 0.493 e. The number of methoxy groups -OCH3 is 2. The molecule has 1 amide bonds. The SMILES string of the molecule is COc1cc2c(cc1OC)[C@@H](CC(=O)O)N(C(=O)c1cnns1)CC2. The minimum Gasteiger partial charge on any atom is -0.493 e. The van der Waals surface area contributed by atoms with Gasteiger partial charge >= 0.3 is 5.97 Å². The van der Waals surface area contributed by atoms with Crippen LogP contribution in [0.3, 0.4) is 0 Å². The summed E-state index contributed by atoms with van der Waals surface area (Å²) in [6.45, 7) is 0.414. The van der Waals surface area contributed by atoms with Gasteiger partial charge in [0.2, 0.25) is 0 Å². The van der Waals surface area contributed by atoms with E-state index in [1.807, 2.05) is 6.07 Å². The van der Waals surface area contributed by atoms with E-state index in [1.54, 1.807) is 18.1 Å². The fourth-order valence-electron chi connectivity index (χ4n) is 3.06. The first-order chi connectivity index (χ1) is 12.0. The van der Waals surface area contributed by atoms with Gasteiger partial charge in [0.05, 0.1) is 32.9 Å². The van der Waals surface area contributed by atoms with Gasteiger partial charge in [-0.15, -0.1) is 5.10 Å². The zero-order chi connectivity index (χ0) is 18.0. The Balaban J connectivity index is 2.04. The van der Waals surface area contributed by atoms with E-state index in [1.165, 1.54) is 13.3 Å². The summed E-state index contributed by atoms with van der Waals surface area (Å²) in [4.78, 5) is 26.1. The highest BCUT2D eigenvalue weighted by Crippen LogP contribution is 2.40. The van der Waals surface area contributed by atoms with Crippen LogP contribution in [0.1, 0.15) is 33.3 Å². The maximum absolute atomic E-state index is 12.7. The summed E-state index contributed by atoms with van der Waals surface area (Å²) < 4.78 is 14.4. The van der Waals surface area contributed by atoms with Gasteiger partial charge in [0.25, 0.3) is 5.91 Å². The molecule has 1 atom stereocenters. The minimum absolute atomic E-state index is 0.194. The molecule has 1 aromatic carbocycles. The maximum Gasteiger partial charge on any atom is 0.305 e. The molecule has 0 spiro atoms. The molecule has 0 fully saturated rings. The first-order valence-electron chi connectivity index (χ1n) is 7.60. The van der Waals surface area contributed by atoms with E-state index in [-0.39, 0.29) is 12.3 Å². The number of benzene rings is 1. The molecule has 2 heterocycles. The lowest BCUT2D eigenvalue weighted by molar-refractivity contribution is -0.138. The van der Waals surface area contributed by atoms with Crippen LogP contribution in [0.5, 0.6) is 11.5 Å². The molecule has 0 radical (unpaired) electrons. The number of hydrogen-bond donors (Lipinski definition) is 1. The smallest absolute Gasteiger partial charge is 0.305 e. The van der Waals surface area contributed by atoms with E-state index in [4.69, 9.17) is 9.47 Å². The standard InChI is InChI=1S/C16H17N3O5S/c1-23-12-5-9-3-4-19(16(22)14-8-17-18-25-14)11(7-15(20)21)10(9)6-13(12)24-2/h5-6,8,11H,3-4,7H2,1-2H3,(H,20,21)/t11-/m1/s1. The minimum atomic E-state index is -0.979. The first-order valence-corrected chi connectivity index (χ1v) is 8.37. The van der Waals surface area contributed by atoms with Crippen molar-refractivity contribution >= 4 is 23.4 Å². The molecule has 0 aliphatic carbocycles. The normalized spacial score (nSPS) is 16.2. The van der Waals surface area contributed by atoms with Crippen molar-refractivity contribution in [2.75, 3.05) is 20.8 Å². The molecular weight excluding hydrogens is 346 g/mol. The molecule has 132 valence electrons. The van der Waals surface area contributed by atoms with Gasteiger partial charge in [-0.1, -0.05) is 4.49 Å². The number of carbonyl (C=O) groups excluding carboxylic acids is 1. The van der Waals surface area contributed by atoms with Crippen LogP contribution < -0.4 is 9.47 Å². The molecule has 2 aromatic rings. The van der Waals surface area contributed by atoms with Crippen molar-refractivity contribution in [3.8, 4) is 11.5 Å². The highest BCUT2D eigenvalue weighted by molar-refractivity contribution is 7.07. The van der Waals surface area contributed by atoms with Crippen LogP contribution in [0.25, 0.3) is 0 Å². The van der Waals surface area contributed by atoms with Crippen molar-refractivity contribution in [2.45, 2.75) is 18.9 Å². The molecule has 0 saturated carbocycles. The fraction of sp³-hybridized carbons (Fsp3) is 0.375. The van der Waals surface area contributed by atoms with Crippen LogP contribution in [0, 0.1) is 0 Å². The molecule has 1 aliphatic rings. The topological polar surface area (TPSA) is 102 Å². The molecule has 3 rings (SSSR count). The predicted molar refractivity (Wildman–Crippen MR) is 89.2 cm³/mol. The number of nitrogens with zero attached hydrogens (tertiary/aromatic N) is 3. The van der Waals surface area contributed by atoms with Gasteiger partial charge in [0, 0.05) is 6.54 Å². The molecule has 0 saturated heterocycles. The summed E-state index contributed by atoms with van der Waals surface area (Å²) in [5.74, 6) is -0.151. The quantitative estimate of drug-likeness (QED) is 0.864. The average molecular weight is 363 g/mol. The summed E-state index contributed by atoms with van der Waals surface area (Å²) in [5, 5.41) is 13.0. The highest BCUT2D eigenvalue weighted by atomic mass is 32.1. The highest BCUT2D eigenvalue weighted by Gasteiger charge is 2.34. The Morgan fingerprint density at radius 3 is 2.64 bits per heavy atom. The van der Waals surface area contributed by atoms with E-state index < -0.39 is 12.0 Å². The Morgan fingerprint density at radius 2 is 2.04 bits per heavy atom. The predicted octanol–water partition coefficient (Wildman–Crippen LogP) is 1.77. The first kappa shape index (κ1) is 17.2. The Bertz CT molecular complexity index is 793. The Hall–Kier alpha value is -2.68. The number of aliphatic carboxylic acids is 1. The van der Waals surface area contributed by atoms with E-state index in [0.29, 0.717) is 29.3 Å². The van der Waals surface area contributed by atoms with E-state index in [0.717, 1.165) is 22.7 Å². The summed E-state index contributed by atoms with van der Waals surface area (Å²) >= 11 is 0.996. The van der Waals surface area contributed by atoms with Gasteiger partial charge in [-0.25, -0.2) is 0 Å². The lowest BCUT2D eigenvalue weighted by Gasteiger charge is -2.36. The second kappa shape index (κ2) is 7.06. The maximum atomic E-state index is 12.7. The molecule has 25 heavy (non-hydrogen) atoms. The lowest BCUT2D eigenvalue weighted by atomic mass is 9.90. The van der Waals surface area contributed by atoms with Gasteiger partial charge in [-0.05, 0) is 41.2 Å². The van der Waals surface area contributed by atoms with Crippen LogP contribution >= 0.6 is 11.5 Å². The van der Waals surface area contributed by atoms with Crippen LogP contribution in [0.4, 0.5) is 0 Å². The van der Waals surface area contributed by atoms with Crippen molar-refractivity contribution in [1.29, 1.82) is 0 Å². The number of carbonyl (C=O) groups is 2. The van der Waals surface area contributed by atoms with Gasteiger partial charge in [0.1, 0.15) is 4.88 Å². The summed E-state index contributed by atoms with van der Waals surface area (Å²) in [7, 11) is 3.07. The van der Waals surface area contributed by atoms with Crippen molar-refractivity contribution in [2.24, 2.45) is 0 Å². The van der Waals surface area contributed by atoms with Gasteiger partial charge in [-0.3, -0.25) is 9.59 Å². The zero-order valence-electron chi connectivity index (χ0n) is 13.8.